The zero-order valence-electron chi connectivity index (χ0n) is 10.8. The minimum absolute atomic E-state index is 0.0741. The monoisotopic (exact) mass is 307 g/mol. The SMILES string of the molecule is Cc1cc([N+](=O)[O-])c(Cl)cc1NC(=O)c1cncc(O)c1. The van der Waals surface area contributed by atoms with Crippen LogP contribution in [0.25, 0.3) is 0 Å². The van der Waals surface area contributed by atoms with Gasteiger partial charge in [-0.05, 0) is 24.6 Å². The van der Waals surface area contributed by atoms with Gasteiger partial charge < -0.3 is 10.4 Å². The number of amides is 1. The van der Waals surface area contributed by atoms with Gasteiger partial charge in [-0.2, -0.15) is 0 Å². The fraction of sp³-hybridized carbons (Fsp3) is 0.0769. The van der Waals surface area contributed by atoms with E-state index in [9.17, 15) is 20.0 Å². The lowest BCUT2D eigenvalue weighted by atomic mass is 10.1. The van der Waals surface area contributed by atoms with E-state index in [1.165, 1.54) is 30.6 Å². The average molecular weight is 308 g/mol. The standard InChI is InChI=1S/C13H10ClN3O4/c1-7-2-12(17(20)21)10(14)4-11(7)16-13(19)8-3-9(18)6-15-5-8/h2-6,18H,1H3,(H,16,19). The molecule has 0 unspecified atom stereocenters. The van der Waals surface area contributed by atoms with E-state index in [0.29, 0.717) is 11.3 Å². The molecule has 0 spiro atoms. The number of carbonyl (C=O) groups is 1. The molecule has 2 rings (SSSR count). The van der Waals surface area contributed by atoms with Gasteiger partial charge in [0, 0.05) is 18.0 Å². The molecule has 0 fully saturated rings. The first-order valence-corrected chi connectivity index (χ1v) is 6.16. The van der Waals surface area contributed by atoms with Crippen molar-refractivity contribution < 1.29 is 14.8 Å². The first kappa shape index (κ1) is 14.7. The number of benzene rings is 1. The molecule has 0 aliphatic rings. The molecule has 8 heteroatoms. The topological polar surface area (TPSA) is 105 Å². The minimum Gasteiger partial charge on any atom is -0.506 e. The number of nitrogens with one attached hydrogen (secondary N) is 1. The Labute approximate surface area is 124 Å². The van der Waals surface area contributed by atoms with Crippen molar-refractivity contribution in [2.24, 2.45) is 0 Å². The summed E-state index contributed by atoms with van der Waals surface area (Å²) in [5.41, 5.74) is 0.765. The molecule has 2 N–H and O–H groups in total. The van der Waals surface area contributed by atoms with Gasteiger partial charge in [-0.15, -0.1) is 0 Å². The van der Waals surface area contributed by atoms with Gasteiger partial charge in [0.15, 0.2) is 0 Å². The number of nitro benzene ring substituents is 1. The highest BCUT2D eigenvalue weighted by molar-refractivity contribution is 6.33. The van der Waals surface area contributed by atoms with Crippen LogP contribution in [0.4, 0.5) is 11.4 Å². The molecule has 7 nitrogen and oxygen atoms in total. The van der Waals surface area contributed by atoms with Crippen LogP contribution in [0.5, 0.6) is 5.75 Å². The second-order valence-electron chi connectivity index (χ2n) is 4.26. The predicted octanol–water partition coefficient (Wildman–Crippen LogP) is 2.91. The van der Waals surface area contributed by atoms with Crippen molar-refractivity contribution in [1.29, 1.82) is 0 Å². The van der Waals surface area contributed by atoms with Crippen LogP contribution < -0.4 is 5.32 Å². The third kappa shape index (κ3) is 3.26. The molecule has 0 saturated carbocycles. The lowest BCUT2D eigenvalue weighted by molar-refractivity contribution is -0.384. The Bertz CT molecular complexity index is 733. The van der Waals surface area contributed by atoms with Gasteiger partial charge in [0.2, 0.25) is 0 Å². The summed E-state index contributed by atoms with van der Waals surface area (Å²) in [5, 5.41) is 22.5. The van der Waals surface area contributed by atoms with Crippen LogP contribution in [-0.2, 0) is 0 Å². The first-order chi connectivity index (χ1) is 9.88. The largest absolute Gasteiger partial charge is 0.506 e. The van der Waals surface area contributed by atoms with E-state index in [2.05, 4.69) is 10.3 Å². The van der Waals surface area contributed by atoms with E-state index in [1.54, 1.807) is 6.92 Å². The average Bonchev–Trinajstić information content (AvgIpc) is 2.42. The number of hydrogen-bond donors (Lipinski definition) is 2. The number of halogens is 1. The summed E-state index contributed by atoms with van der Waals surface area (Å²) in [6, 6.07) is 3.84. The third-order valence-electron chi connectivity index (χ3n) is 2.72. The third-order valence-corrected chi connectivity index (χ3v) is 3.03. The fourth-order valence-electron chi connectivity index (χ4n) is 1.69. The molecule has 0 bridgehead atoms. The molecule has 108 valence electrons. The van der Waals surface area contributed by atoms with Crippen molar-refractivity contribution in [2.75, 3.05) is 5.32 Å². The van der Waals surface area contributed by atoms with Gasteiger partial charge in [0.05, 0.1) is 16.7 Å². The Kier molecular flexibility index (Phi) is 4.04. The highest BCUT2D eigenvalue weighted by atomic mass is 35.5. The Balaban J connectivity index is 2.30. The van der Waals surface area contributed by atoms with E-state index in [0.717, 1.165) is 0 Å². The van der Waals surface area contributed by atoms with E-state index in [1.807, 2.05) is 0 Å². The molecule has 0 atom stereocenters. The number of aromatic hydroxyl groups is 1. The molecule has 0 aliphatic carbocycles. The minimum atomic E-state index is -0.597. The zero-order valence-corrected chi connectivity index (χ0v) is 11.6. The number of aryl methyl sites for hydroxylation is 1. The number of aromatic nitrogens is 1. The number of nitrogens with zero attached hydrogens (tertiary/aromatic N) is 2. The molecule has 1 heterocycles. The molecule has 0 radical (unpaired) electrons. The number of pyridine rings is 1. The van der Waals surface area contributed by atoms with Crippen molar-refractivity contribution in [3.8, 4) is 5.75 Å². The number of nitro groups is 1. The van der Waals surface area contributed by atoms with Gasteiger partial charge in [0.1, 0.15) is 10.8 Å². The van der Waals surface area contributed by atoms with Crippen LogP contribution in [0.3, 0.4) is 0 Å². The van der Waals surface area contributed by atoms with Gasteiger partial charge in [0.25, 0.3) is 11.6 Å². The lowest BCUT2D eigenvalue weighted by Gasteiger charge is -2.09. The Morgan fingerprint density at radius 1 is 1.38 bits per heavy atom. The van der Waals surface area contributed by atoms with Crippen molar-refractivity contribution in [3.63, 3.8) is 0 Å². The second-order valence-corrected chi connectivity index (χ2v) is 4.67. The molecule has 21 heavy (non-hydrogen) atoms. The maximum atomic E-state index is 12.0. The van der Waals surface area contributed by atoms with E-state index < -0.39 is 10.8 Å². The summed E-state index contributed by atoms with van der Waals surface area (Å²) >= 11 is 5.81. The molecule has 0 saturated heterocycles. The maximum absolute atomic E-state index is 12.0. The highest BCUT2D eigenvalue weighted by Crippen LogP contribution is 2.30. The second kappa shape index (κ2) is 5.76. The number of rotatable bonds is 3. The summed E-state index contributed by atoms with van der Waals surface area (Å²) in [4.78, 5) is 25.9. The highest BCUT2D eigenvalue weighted by Gasteiger charge is 2.16. The molecule has 1 amide bonds. The number of anilines is 1. The Morgan fingerprint density at radius 2 is 2.10 bits per heavy atom. The van der Waals surface area contributed by atoms with E-state index >= 15 is 0 Å². The summed E-state index contributed by atoms with van der Waals surface area (Å²) in [7, 11) is 0. The van der Waals surface area contributed by atoms with Gasteiger partial charge in [-0.1, -0.05) is 11.6 Å². The van der Waals surface area contributed by atoms with Crippen molar-refractivity contribution in [3.05, 3.63) is 56.9 Å². The van der Waals surface area contributed by atoms with Crippen molar-refractivity contribution in [2.45, 2.75) is 6.92 Å². The molecule has 0 aliphatic heterocycles. The molecular weight excluding hydrogens is 298 g/mol. The number of hydrogen-bond acceptors (Lipinski definition) is 5. The quantitative estimate of drug-likeness (QED) is 0.670. The van der Waals surface area contributed by atoms with Gasteiger partial charge >= 0.3 is 0 Å². The van der Waals surface area contributed by atoms with Crippen molar-refractivity contribution >= 4 is 28.9 Å². The summed E-state index contributed by atoms with van der Waals surface area (Å²) < 4.78 is 0. The summed E-state index contributed by atoms with van der Waals surface area (Å²) in [6.07, 6.45) is 2.49. The fourth-order valence-corrected chi connectivity index (χ4v) is 1.92. The van der Waals surface area contributed by atoms with Crippen LogP contribution >= 0.6 is 11.6 Å². The van der Waals surface area contributed by atoms with Crippen LogP contribution in [-0.4, -0.2) is 20.9 Å². The summed E-state index contributed by atoms with van der Waals surface area (Å²) in [5.74, 6) is -0.646. The maximum Gasteiger partial charge on any atom is 0.288 e. The van der Waals surface area contributed by atoms with E-state index in [-0.39, 0.29) is 22.0 Å². The van der Waals surface area contributed by atoms with Crippen LogP contribution in [0, 0.1) is 17.0 Å². The smallest absolute Gasteiger partial charge is 0.288 e. The normalized spacial score (nSPS) is 10.2. The van der Waals surface area contributed by atoms with Crippen molar-refractivity contribution in [1.82, 2.24) is 4.98 Å². The zero-order chi connectivity index (χ0) is 15.6. The summed E-state index contributed by atoms with van der Waals surface area (Å²) in [6.45, 7) is 1.61. The molecule has 2 aromatic rings. The molecule has 1 aromatic carbocycles. The lowest BCUT2D eigenvalue weighted by Crippen LogP contribution is -2.13. The predicted molar refractivity (Wildman–Crippen MR) is 76.7 cm³/mol. The number of carbonyl (C=O) groups excluding carboxylic acids is 1. The molecule has 1 aromatic heterocycles. The van der Waals surface area contributed by atoms with E-state index in [4.69, 9.17) is 11.6 Å². The Morgan fingerprint density at radius 3 is 2.71 bits per heavy atom. The Hall–Kier alpha value is -2.67. The van der Waals surface area contributed by atoms with Crippen LogP contribution in [0.2, 0.25) is 5.02 Å². The van der Waals surface area contributed by atoms with Gasteiger partial charge in [-0.3, -0.25) is 19.9 Å². The van der Waals surface area contributed by atoms with Gasteiger partial charge in [-0.25, -0.2) is 0 Å². The molecular formula is C13H10ClN3O4. The first-order valence-electron chi connectivity index (χ1n) is 5.78. The van der Waals surface area contributed by atoms with Crippen LogP contribution in [0.15, 0.2) is 30.6 Å². The van der Waals surface area contributed by atoms with Crippen LogP contribution in [0.1, 0.15) is 15.9 Å².